The third kappa shape index (κ3) is 14.6. The molecule has 1 heterocycles. The van der Waals surface area contributed by atoms with Gasteiger partial charge >= 0.3 is 0 Å². The summed E-state index contributed by atoms with van der Waals surface area (Å²) in [5.41, 5.74) is 1.69. The van der Waals surface area contributed by atoms with Crippen molar-refractivity contribution in [3.05, 3.63) is 54.6 Å². The van der Waals surface area contributed by atoms with Crippen LogP contribution in [0, 0.1) is 0 Å². The molecule has 5 nitrogen and oxygen atoms in total. The van der Waals surface area contributed by atoms with E-state index in [0.717, 1.165) is 46.5 Å². The van der Waals surface area contributed by atoms with Crippen molar-refractivity contribution in [2.24, 2.45) is 0 Å². The first kappa shape index (κ1) is 39.7. The van der Waals surface area contributed by atoms with Gasteiger partial charge in [0, 0.05) is 11.6 Å². The molecule has 50 heavy (non-hydrogen) atoms. The lowest BCUT2D eigenvalue weighted by molar-refractivity contribution is 0.302. The fraction of sp³-hybridized carbons (Fsp3) is 0.591. The Labute approximate surface area is 307 Å². The van der Waals surface area contributed by atoms with Gasteiger partial charge in [0.15, 0.2) is 5.01 Å². The number of rotatable bonds is 28. The topological polar surface area (TPSA) is 64.5 Å². The lowest BCUT2D eigenvalue weighted by Crippen LogP contribution is -1.97. The van der Waals surface area contributed by atoms with E-state index in [0.29, 0.717) is 22.9 Å². The van der Waals surface area contributed by atoms with Crippen molar-refractivity contribution in [1.29, 1.82) is 0 Å². The predicted molar refractivity (Wildman–Crippen MR) is 214 cm³/mol. The van der Waals surface area contributed by atoms with Crippen molar-refractivity contribution in [3.63, 3.8) is 0 Å². The van der Waals surface area contributed by atoms with Crippen molar-refractivity contribution in [3.8, 4) is 38.4 Å². The summed E-state index contributed by atoms with van der Waals surface area (Å²) >= 11 is 1.49. The maximum atomic E-state index is 10.8. The average molecular weight is 701 g/mol. The highest BCUT2D eigenvalue weighted by molar-refractivity contribution is 7.18. The van der Waals surface area contributed by atoms with Crippen LogP contribution in [-0.4, -0.2) is 28.5 Å². The van der Waals surface area contributed by atoms with Crippen molar-refractivity contribution >= 4 is 22.1 Å². The van der Waals surface area contributed by atoms with Crippen LogP contribution in [0.1, 0.15) is 155 Å². The highest BCUT2D eigenvalue weighted by Gasteiger charge is 2.14. The Morgan fingerprint density at radius 1 is 0.480 bits per heavy atom. The van der Waals surface area contributed by atoms with Gasteiger partial charge in [-0.15, -0.1) is 10.2 Å². The first-order chi connectivity index (χ1) is 24.7. The van der Waals surface area contributed by atoms with E-state index >= 15 is 0 Å². The van der Waals surface area contributed by atoms with Crippen LogP contribution in [0.15, 0.2) is 54.6 Å². The summed E-state index contributed by atoms with van der Waals surface area (Å²) in [6.07, 6.45) is 29.2. The molecule has 274 valence electrons. The van der Waals surface area contributed by atoms with Crippen molar-refractivity contribution in [2.75, 3.05) is 13.2 Å². The van der Waals surface area contributed by atoms with Crippen LogP contribution >= 0.6 is 11.3 Å². The maximum Gasteiger partial charge on any atom is 0.151 e. The Hall–Kier alpha value is -3.12. The van der Waals surface area contributed by atoms with E-state index in [9.17, 15) is 5.11 Å². The minimum absolute atomic E-state index is 0.170. The fourth-order valence-corrected chi connectivity index (χ4v) is 7.46. The van der Waals surface area contributed by atoms with Crippen LogP contribution in [0.4, 0.5) is 0 Å². The second-order valence-electron chi connectivity index (χ2n) is 14.1. The highest BCUT2D eigenvalue weighted by atomic mass is 32.1. The maximum absolute atomic E-state index is 10.8. The highest BCUT2D eigenvalue weighted by Crippen LogP contribution is 2.37. The first-order valence-corrected chi connectivity index (χ1v) is 21.0. The van der Waals surface area contributed by atoms with Crippen LogP contribution in [0.3, 0.4) is 0 Å². The van der Waals surface area contributed by atoms with E-state index in [1.807, 2.05) is 12.1 Å². The van der Waals surface area contributed by atoms with Crippen molar-refractivity contribution < 1.29 is 14.6 Å². The Balaban J connectivity index is 1.14. The molecule has 1 aromatic heterocycles. The number of benzene rings is 3. The van der Waals surface area contributed by atoms with Gasteiger partial charge in [-0.3, -0.25) is 0 Å². The fourth-order valence-electron chi connectivity index (χ4n) is 6.59. The Morgan fingerprint density at radius 2 is 0.920 bits per heavy atom. The SMILES string of the molecule is CCCCCCCCCCCCCCOc1ccc(-c2nnc(-c3ccc4cc(OCCCCCCCCCCCC)ccc4c3)s2)c(O)c1. The molecule has 0 saturated heterocycles. The number of hydrogen-bond donors (Lipinski definition) is 1. The molecule has 0 saturated carbocycles. The van der Waals surface area contributed by atoms with E-state index in [-0.39, 0.29) is 5.75 Å². The van der Waals surface area contributed by atoms with Crippen molar-refractivity contribution in [2.45, 2.75) is 155 Å². The molecular formula is C44H64N2O3S. The minimum Gasteiger partial charge on any atom is -0.507 e. The van der Waals surface area contributed by atoms with Crippen LogP contribution < -0.4 is 9.47 Å². The summed E-state index contributed by atoms with van der Waals surface area (Å²) in [4.78, 5) is 0. The van der Waals surface area contributed by atoms with E-state index in [1.165, 1.54) is 140 Å². The number of nitrogens with zero attached hydrogens (tertiary/aromatic N) is 2. The molecule has 0 radical (unpaired) electrons. The summed E-state index contributed by atoms with van der Waals surface area (Å²) < 4.78 is 12.0. The molecule has 0 aliphatic heterocycles. The molecule has 3 aromatic carbocycles. The number of unbranched alkanes of at least 4 members (excludes halogenated alkanes) is 20. The molecule has 0 amide bonds. The third-order valence-corrected chi connectivity index (χ3v) is 10.7. The quantitative estimate of drug-likeness (QED) is 0.0598. The van der Waals surface area contributed by atoms with E-state index in [4.69, 9.17) is 9.47 Å². The molecule has 4 rings (SSSR count). The number of aromatic nitrogens is 2. The molecule has 0 atom stereocenters. The van der Waals surface area contributed by atoms with Gasteiger partial charge in [-0.25, -0.2) is 0 Å². The zero-order valence-electron chi connectivity index (χ0n) is 31.2. The van der Waals surface area contributed by atoms with Gasteiger partial charge in [-0.2, -0.15) is 0 Å². The van der Waals surface area contributed by atoms with E-state index < -0.39 is 0 Å². The Kier molecular flexibility index (Phi) is 19.1. The Morgan fingerprint density at radius 3 is 1.46 bits per heavy atom. The number of hydrogen-bond acceptors (Lipinski definition) is 6. The standard InChI is InChI=1S/C44H64N2O3S/c1-3-5-7-9-11-13-15-16-18-20-22-24-32-49-40-29-30-41(42(47)35-40)44-46-45-43(50-44)38-26-25-37-34-39(28-27-36(37)33-38)48-31-23-21-19-17-14-12-10-8-6-4-2/h25-30,33-35,47H,3-24,31-32H2,1-2H3. The number of fused-ring (bicyclic) bond motifs is 1. The zero-order valence-corrected chi connectivity index (χ0v) is 32.0. The van der Waals surface area contributed by atoms with Gasteiger partial charge in [0.25, 0.3) is 0 Å². The number of phenolic OH excluding ortho intramolecular Hbond substituents is 1. The molecule has 0 aliphatic carbocycles. The monoisotopic (exact) mass is 700 g/mol. The van der Waals surface area contributed by atoms with Gasteiger partial charge in [-0.1, -0.05) is 172 Å². The Bertz CT molecular complexity index is 1490. The third-order valence-electron chi connectivity index (χ3n) is 9.72. The molecule has 0 aliphatic rings. The van der Waals surface area contributed by atoms with Crippen LogP contribution in [0.5, 0.6) is 17.2 Å². The summed E-state index contributed by atoms with van der Waals surface area (Å²) in [7, 11) is 0. The summed E-state index contributed by atoms with van der Waals surface area (Å²) in [5, 5.41) is 23.5. The molecule has 1 N–H and O–H groups in total. The lowest BCUT2D eigenvalue weighted by atomic mass is 10.1. The predicted octanol–water partition coefficient (Wildman–Crippen LogP) is 14.1. The molecule has 0 unspecified atom stereocenters. The van der Waals surface area contributed by atoms with Gasteiger partial charge in [-0.05, 0) is 53.9 Å². The van der Waals surface area contributed by atoms with Crippen molar-refractivity contribution in [1.82, 2.24) is 10.2 Å². The summed E-state index contributed by atoms with van der Waals surface area (Å²) in [6.45, 7) is 6.00. The smallest absolute Gasteiger partial charge is 0.151 e. The summed E-state index contributed by atoms with van der Waals surface area (Å²) in [5.74, 6) is 1.79. The molecular weight excluding hydrogens is 637 g/mol. The summed E-state index contributed by atoms with van der Waals surface area (Å²) in [6, 6.07) is 18.2. The second kappa shape index (κ2) is 24.1. The van der Waals surface area contributed by atoms with Crippen LogP contribution in [0.25, 0.3) is 31.9 Å². The van der Waals surface area contributed by atoms with E-state index in [2.05, 4.69) is 60.4 Å². The second-order valence-corrected chi connectivity index (χ2v) is 15.1. The number of ether oxygens (including phenoxy) is 2. The normalized spacial score (nSPS) is 11.4. The van der Waals surface area contributed by atoms with Gasteiger partial charge < -0.3 is 14.6 Å². The molecule has 0 spiro atoms. The minimum atomic E-state index is 0.170. The number of aromatic hydroxyl groups is 1. The van der Waals surface area contributed by atoms with Crippen LogP contribution in [-0.2, 0) is 0 Å². The van der Waals surface area contributed by atoms with Crippen LogP contribution in [0.2, 0.25) is 0 Å². The zero-order chi connectivity index (χ0) is 35.1. The number of phenols is 1. The van der Waals surface area contributed by atoms with Gasteiger partial charge in [0.05, 0.1) is 18.8 Å². The lowest BCUT2D eigenvalue weighted by Gasteiger charge is -2.08. The average Bonchev–Trinajstić information content (AvgIpc) is 3.62. The van der Waals surface area contributed by atoms with E-state index in [1.54, 1.807) is 6.07 Å². The molecule has 4 aromatic rings. The first-order valence-electron chi connectivity index (χ1n) is 20.1. The van der Waals surface area contributed by atoms with Gasteiger partial charge in [0.1, 0.15) is 22.3 Å². The molecule has 6 heteroatoms. The molecule has 0 fully saturated rings. The largest absolute Gasteiger partial charge is 0.507 e. The van der Waals surface area contributed by atoms with Gasteiger partial charge in [0.2, 0.25) is 0 Å². The molecule has 0 bridgehead atoms.